The third kappa shape index (κ3) is 2.83. The summed E-state index contributed by atoms with van der Waals surface area (Å²) in [6.45, 7) is 1.83. The van der Waals surface area contributed by atoms with E-state index in [1.807, 2.05) is 22.4 Å². The summed E-state index contributed by atoms with van der Waals surface area (Å²) >= 11 is 1.62. The van der Waals surface area contributed by atoms with Crippen molar-refractivity contribution in [3.8, 4) is 0 Å². The van der Waals surface area contributed by atoms with Crippen LogP contribution < -0.4 is 5.73 Å². The van der Waals surface area contributed by atoms with Gasteiger partial charge in [-0.2, -0.15) is 0 Å². The van der Waals surface area contributed by atoms with E-state index in [0.29, 0.717) is 6.42 Å². The van der Waals surface area contributed by atoms with E-state index in [4.69, 9.17) is 5.73 Å². The third-order valence-electron chi connectivity index (χ3n) is 3.01. The van der Waals surface area contributed by atoms with Gasteiger partial charge in [0.25, 0.3) is 0 Å². The van der Waals surface area contributed by atoms with Crippen LogP contribution in [0.15, 0.2) is 17.5 Å². The smallest absolute Gasteiger partial charge is 0.224 e. The normalized spacial score (nSPS) is 18.4. The molecular formula is C12H18N2OS. The van der Waals surface area contributed by atoms with Crippen LogP contribution in [0.25, 0.3) is 0 Å². The minimum atomic E-state index is -0.130. The number of carbonyl (C=O) groups excluding carboxylic acids is 1. The lowest BCUT2D eigenvalue weighted by Gasteiger charge is -2.27. The van der Waals surface area contributed by atoms with Gasteiger partial charge in [-0.3, -0.25) is 4.79 Å². The van der Waals surface area contributed by atoms with Gasteiger partial charge in [0, 0.05) is 30.4 Å². The van der Waals surface area contributed by atoms with Gasteiger partial charge in [-0.15, -0.1) is 11.3 Å². The van der Waals surface area contributed by atoms with E-state index in [0.717, 1.165) is 30.8 Å². The van der Waals surface area contributed by atoms with Crippen LogP contribution in [-0.2, 0) is 4.79 Å². The van der Waals surface area contributed by atoms with Crippen molar-refractivity contribution in [2.75, 3.05) is 13.1 Å². The van der Waals surface area contributed by atoms with E-state index < -0.39 is 0 Å². The lowest BCUT2D eigenvalue weighted by atomic mass is 10.1. The Bertz CT molecular complexity index is 331. The standard InChI is InChI=1S/C12H18N2OS/c13-10(11-5-4-8-16-11)9-12(15)14-6-2-1-3-7-14/h4-5,8,10H,1-3,6-7,9,13H2. The second kappa shape index (κ2) is 5.46. The van der Waals surface area contributed by atoms with Crippen LogP contribution in [-0.4, -0.2) is 23.9 Å². The van der Waals surface area contributed by atoms with Crippen LogP contribution >= 0.6 is 11.3 Å². The van der Waals surface area contributed by atoms with Crippen LogP contribution in [0.2, 0.25) is 0 Å². The first-order chi connectivity index (χ1) is 7.77. The zero-order valence-electron chi connectivity index (χ0n) is 9.39. The largest absolute Gasteiger partial charge is 0.343 e. The van der Waals surface area contributed by atoms with Crippen molar-refractivity contribution in [3.05, 3.63) is 22.4 Å². The van der Waals surface area contributed by atoms with Crippen molar-refractivity contribution in [3.63, 3.8) is 0 Å². The molecule has 2 N–H and O–H groups in total. The minimum Gasteiger partial charge on any atom is -0.343 e. The number of nitrogens with zero attached hydrogens (tertiary/aromatic N) is 1. The van der Waals surface area contributed by atoms with Crippen LogP contribution in [0.1, 0.15) is 36.6 Å². The average molecular weight is 238 g/mol. The van der Waals surface area contributed by atoms with Gasteiger partial charge in [0.15, 0.2) is 0 Å². The first kappa shape index (κ1) is 11.6. The highest BCUT2D eigenvalue weighted by atomic mass is 32.1. The van der Waals surface area contributed by atoms with Gasteiger partial charge in [0.05, 0.1) is 0 Å². The Morgan fingerprint density at radius 1 is 1.44 bits per heavy atom. The van der Waals surface area contributed by atoms with Crippen molar-refractivity contribution in [2.24, 2.45) is 5.73 Å². The molecule has 0 aromatic carbocycles. The van der Waals surface area contributed by atoms with Crippen molar-refractivity contribution >= 4 is 17.2 Å². The zero-order chi connectivity index (χ0) is 11.4. The van der Waals surface area contributed by atoms with E-state index in [9.17, 15) is 4.79 Å². The van der Waals surface area contributed by atoms with Crippen molar-refractivity contribution in [2.45, 2.75) is 31.7 Å². The number of rotatable bonds is 3. The van der Waals surface area contributed by atoms with Crippen molar-refractivity contribution in [1.29, 1.82) is 0 Å². The molecule has 88 valence electrons. The summed E-state index contributed by atoms with van der Waals surface area (Å²) in [5.41, 5.74) is 6.01. The minimum absolute atomic E-state index is 0.130. The van der Waals surface area contributed by atoms with Gasteiger partial charge in [-0.05, 0) is 30.7 Å². The number of likely N-dealkylation sites (tertiary alicyclic amines) is 1. The van der Waals surface area contributed by atoms with E-state index in [1.165, 1.54) is 6.42 Å². The third-order valence-corrected chi connectivity index (χ3v) is 4.02. The zero-order valence-corrected chi connectivity index (χ0v) is 10.2. The summed E-state index contributed by atoms with van der Waals surface area (Å²) in [7, 11) is 0. The topological polar surface area (TPSA) is 46.3 Å². The van der Waals surface area contributed by atoms with Crippen LogP contribution in [0, 0.1) is 0 Å². The molecule has 1 aromatic rings. The fourth-order valence-corrected chi connectivity index (χ4v) is 2.79. The highest BCUT2D eigenvalue weighted by Gasteiger charge is 2.19. The predicted molar refractivity (Wildman–Crippen MR) is 66.3 cm³/mol. The fourth-order valence-electron chi connectivity index (χ4n) is 2.06. The predicted octanol–water partition coefficient (Wildman–Crippen LogP) is 2.15. The Morgan fingerprint density at radius 2 is 2.19 bits per heavy atom. The van der Waals surface area contributed by atoms with Crippen molar-refractivity contribution in [1.82, 2.24) is 4.90 Å². The molecule has 2 heterocycles. The van der Waals surface area contributed by atoms with Gasteiger partial charge in [-0.25, -0.2) is 0 Å². The molecule has 0 aliphatic carbocycles. The quantitative estimate of drug-likeness (QED) is 0.877. The van der Waals surface area contributed by atoms with Crippen LogP contribution in [0.3, 0.4) is 0 Å². The first-order valence-electron chi connectivity index (χ1n) is 5.84. The molecule has 1 aliphatic heterocycles. The van der Waals surface area contributed by atoms with E-state index in [-0.39, 0.29) is 11.9 Å². The Labute approximate surface area is 100 Å². The number of carbonyl (C=O) groups is 1. The molecule has 0 saturated carbocycles. The summed E-state index contributed by atoms with van der Waals surface area (Å²) in [6, 6.07) is 3.85. The molecule has 1 fully saturated rings. The van der Waals surface area contributed by atoms with Crippen molar-refractivity contribution < 1.29 is 4.79 Å². The maximum Gasteiger partial charge on any atom is 0.224 e. The lowest BCUT2D eigenvalue weighted by Crippen LogP contribution is -2.37. The Kier molecular flexibility index (Phi) is 3.96. The molecule has 1 atom stereocenters. The highest BCUT2D eigenvalue weighted by molar-refractivity contribution is 7.10. The molecule has 1 unspecified atom stereocenters. The monoisotopic (exact) mass is 238 g/mol. The summed E-state index contributed by atoms with van der Waals surface area (Å²) in [6.07, 6.45) is 3.97. The molecule has 1 aliphatic rings. The van der Waals surface area contributed by atoms with Gasteiger partial charge < -0.3 is 10.6 Å². The second-order valence-corrected chi connectivity index (χ2v) is 5.25. The number of hydrogen-bond acceptors (Lipinski definition) is 3. The molecule has 0 spiro atoms. The van der Waals surface area contributed by atoms with Gasteiger partial charge >= 0.3 is 0 Å². The Hall–Kier alpha value is -0.870. The molecule has 1 aromatic heterocycles. The molecule has 0 radical (unpaired) electrons. The number of hydrogen-bond donors (Lipinski definition) is 1. The molecule has 1 amide bonds. The average Bonchev–Trinajstić information content (AvgIpc) is 2.83. The summed E-state index contributed by atoms with van der Waals surface area (Å²) in [5.74, 6) is 0.209. The van der Waals surface area contributed by atoms with E-state index in [1.54, 1.807) is 11.3 Å². The fraction of sp³-hybridized carbons (Fsp3) is 0.583. The first-order valence-corrected chi connectivity index (χ1v) is 6.72. The maximum atomic E-state index is 12.0. The van der Waals surface area contributed by atoms with Gasteiger partial charge in [-0.1, -0.05) is 6.07 Å². The Morgan fingerprint density at radius 3 is 2.81 bits per heavy atom. The Balaban J connectivity index is 1.86. The number of thiophene rings is 1. The highest BCUT2D eigenvalue weighted by Crippen LogP contribution is 2.21. The summed E-state index contributed by atoms with van der Waals surface area (Å²) in [5, 5.41) is 2.00. The molecule has 1 saturated heterocycles. The second-order valence-electron chi connectivity index (χ2n) is 4.27. The van der Waals surface area contributed by atoms with E-state index >= 15 is 0 Å². The van der Waals surface area contributed by atoms with E-state index in [2.05, 4.69) is 0 Å². The summed E-state index contributed by atoms with van der Waals surface area (Å²) < 4.78 is 0. The lowest BCUT2D eigenvalue weighted by molar-refractivity contribution is -0.132. The molecule has 0 bridgehead atoms. The van der Waals surface area contributed by atoms with Crippen LogP contribution in [0.5, 0.6) is 0 Å². The number of amides is 1. The molecule has 2 rings (SSSR count). The maximum absolute atomic E-state index is 12.0. The number of nitrogens with two attached hydrogens (primary N) is 1. The molecule has 3 nitrogen and oxygen atoms in total. The SMILES string of the molecule is NC(CC(=O)N1CCCCC1)c1cccs1. The van der Waals surface area contributed by atoms with Crippen LogP contribution in [0.4, 0.5) is 0 Å². The van der Waals surface area contributed by atoms with Gasteiger partial charge in [0.2, 0.25) is 5.91 Å². The van der Waals surface area contributed by atoms with Gasteiger partial charge in [0.1, 0.15) is 0 Å². The molecule has 4 heteroatoms. The molecular weight excluding hydrogens is 220 g/mol. The number of piperidine rings is 1. The molecule has 16 heavy (non-hydrogen) atoms. The summed E-state index contributed by atoms with van der Waals surface area (Å²) in [4.78, 5) is 15.0.